The molecule has 0 aromatic heterocycles. The van der Waals surface area contributed by atoms with Crippen LogP contribution in [0.4, 0.5) is 8.78 Å². The molecule has 0 unspecified atom stereocenters. The summed E-state index contributed by atoms with van der Waals surface area (Å²) in [5.41, 5.74) is 0. The fourth-order valence-electron chi connectivity index (χ4n) is 0.0514. The zero-order chi connectivity index (χ0) is 5.86. The molecule has 7 heavy (non-hydrogen) atoms. The molecule has 0 N–H and O–H groups in total. The van der Waals surface area contributed by atoms with Crippen molar-refractivity contribution in [1.82, 2.24) is 0 Å². The van der Waals surface area contributed by atoms with Crippen molar-refractivity contribution in [2.24, 2.45) is 0 Å². The molecule has 0 saturated carbocycles. The van der Waals surface area contributed by atoms with Gasteiger partial charge in [-0.1, -0.05) is 0 Å². The summed E-state index contributed by atoms with van der Waals surface area (Å²) in [5.74, 6) is -1.41. The number of hydrogen-bond donors (Lipinski definition) is 0. The van der Waals surface area contributed by atoms with Crippen molar-refractivity contribution in [3.63, 3.8) is 0 Å². The van der Waals surface area contributed by atoms with E-state index in [-0.39, 0.29) is 26.2 Å². The van der Waals surface area contributed by atoms with E-state index in [4.69, 9.17) is 0 Å². The predicted octanol–water partition coefficient (Wildman–Crippen LogP) is -0.122. The minimum atomic E-state index is -2.95. The molecule has 0 atom stereocenters. The van der Waals surface area contributed by atoms with Crippen molar-refractivity contribution in [3.05, 3.63) is 0 Å². The van der Waals surface area contributed by atoms with Gasteiger partial charge < -0.3 is 0 Å². The average molecular weight is 299 g/mol. The van der Waals surface area contributed by atoms with Crippen LogP contribution in [0.2, 0.25) is 0 Å². The van der Waals surface area contributed by atoms with E-state index in [2.05, 4.69) is 2.69 Å². The first-order chi connectivity index (χ1) is 3.18. The van der Waals surface area contributed by atoms with E-state index >= 15 is 0 Å². The molecule has 38 valence electrons. The van der Waals surface area contributed by atoms with Crippen molar-refractivity contribution < 1.29 is 16.3 Å². The molecule has 0 amide bonds. The van der Waals surface area contributed by atoms with Crippen LogP contribution in [0.15, 0.2) is 0 Å². The number of hydrogen-bond acceptors (Lipinski definition) is 2. The zero-order valence-corrected chi connectivity index (χ0v) is 7.72. The minimum absolute atomic E-state index is 0.133. The molecule has 0 aromatic carbocycles. The molecule has 0 heterocycles. The SMILES string of the molecule is O=C([O][Tl])C(F)F. The van der Waals surface area contributed by atoms with Gasteiger partial charge in [0.15, 0.2) is 0 Å². The van der Waals surface area contributed by atoms with E-state index in [1.807, 2.05) is 0 Å². The first kappa shape index (κ1) is 7.25. The molecule has 0 spiro atoms. The molecule has 0 bridgehead atoms. The molecule has 0 rings (SSSR count). The summed E-state index contributed by atoms with van der Waals surface area (Å²) in [6.45, 7) is 0. The van der Waals surface area contributed by atoms with Gasteiger partial charge in [0.2, 0.25) is 0 Å². The number of halogens is 2. The van der Waals surface area contributed by atoms with Crippen molar-refractivity contribution in [2.45, 2.75) is 6.43 Å². The third-order valence-corrected chi connectivity index (χ3v) is 1.20. The fraction of sp³-hybridized carbons (Fsp3) is 0.500. The van der Waals surface area contributed by atoms with E-state index in [1.165, 1.54) is 0 Å². The van der Waals surface area contributed by atoms with Gasteiger partial charge in [0.25, 0.3) is 0 Å². The van der Waals surface area contributed by atoms with Crippen LogP contribution in [0.5, 0.6) is 0 Å². The van der Waals surface area contributed by atoms with Crippen LogP contribution in [0.25, 0.3) is 0 Å². The van der Waals surface area contributed by atoms with Crippen LogP contribution < -0.4 is 0 Å². The summed E-state index contributed by atoms with van der Waals surface area (Å²) in [6.07, 6.45) is -2.95. The van der Waals surface area contributed by atoms with Crippen LogP contribution in [0.1, 0.15) is 0 Å². The standard InChI is InChI=1S/C2H2F2O2.Tl/c3-1(4)2(5)6;/h1H,(H,5,6);/q;+1/p-1. The molecule has 0 saturated heterocycles. The Balaban J connectivity index is 3.35. The third-order valence-electron chi connectivity index (χ3n) is 0.294. The van der Waals surface area contributed by atoms with Crippen molar-refractivity contribution >= 4 is 32.2 Å². The van der Waals surface area contributed by atoms with Gasteiger partial charge >= 0.3 is 54.9 Å². The van der Waals surface area contributed by atoms with E-state index in [1.54, 1.807) is 0 Å². The van der Waals surface area contributed by atoms with Crippen molar-refractivity contribution in [2.75, 3.05) is 0 Å². The van der Waals surface area contributed by atoms with Crippen molar-refractivity contribution in [1.29, 1.82) is 0 Å². The summed E-state index contributed by atoms with van der Waals surface area (Å²) >= 11 is -0.133. The normalized spacial score (nSPS) is 8.86. The summed E-state index contributed by atoms with van der Waals surface area (Å²) in [6, 6.07) is 0. The van der Waals surface area contributed by atoms with Crippen LogP contribution in [-0.2, 0) is 7.48 Å². The number of alkyl halides is 2. The van der Waals surface area contributed by atoms with Gasteiger partial charge in [0.1, 0.15) is 0 Å². The Morgan fingerprint density at radius 2 is 2.14 bits per heavy atom. The van der Waals surface area contributed by atoms with E-state index < -0.39 is 12.4 Å². The molecule has 0 fully saturated rings. The van der Waals surface area contributed by atoms with Gasteiger partial charge in [0.05, 0.1) is 0 Å². The Kier molecular flexibility index (Phi) is 3.40. The molecular formula is C2HF2O2Tl. The molecule has 0 aliphatic heterocycles. The molecule has 2 nitrogen and oxygen atoms in total. The molecule has 0 aromatic rings. The van der Waals surface area contributed by atoms with Gasteiger partial charge in [0, 0.05) is 0 Å². The van der Waals surface area contributed by atoms with E-state index in [0.29, 0.717) is 0 Å². The van der Waals surface area contributed by atoms with Crippen LogP contribution in [0, 0.1) is 0 Å². The van der Waals surface area contributed by atoms with Crippen LogP contribution >= 0.6 is 0 Å². The van der Waals surface area contributed by atoms with E-state index in [9.17, 15) is 13.6 Å². The first-order valence-electron chi connectivity index (χ1n) is 1.37. The Labute approximate surface area is 55.2 Å². The third kappa shape index (κ3) is 2.89. The first-order valence-corrected chi connectivity index (χ1v) is 3.20. The van der Waals surface area contributed by atoms with Gasteiger partial charge in [-0.2, -0.15) is 0 Å². The molecule has 0 aliphatic carbocycles. The second-order valence-electron chi connectivity index (χ2n) is 0.738. The van der Waals surface area contributed by atoms with Gasteiger partial charge in [-0.25, -0.2) is 0 Å². The Bertz CT molecular complexity index is 74.1. The second-order valence-corrected chi connectivity index (χ2v) is 1.65. The Hall–Kier alpha value is 0.252. The van der Waals surface area contributed by atoms with Crippen LogP contribution in [0.3, 0.4) is 0 Å². The number of carbonyl (C=O) groups excluding carboxylic acids is 1. The van der Waals surface area contributed by atoms with Gasteiger partial charge in [-0.3, -0.25) is 0 Å². The van der Waals surface area contributed by atoms with Crippen molar-refractivity contribution in [3.8, 4) is 0 Å². The fourth-order valence-corrected chi connectivity index (χ4v) is 0.451. The summed E-state index contributed by atoms with van der Waals surface area (Å²) in [4.78, 5) is 9.58. The van der Waals surface area contributed by atoms with Gasteiger partial charge in [-0.05, 0) is 0 Å². The van der Waals surface area contributed by atoms with E-state index in [0.717, 1.165) is 0 Å². The molecule has 5 heteroatoms. The quantitative estimate of drug-likeness (QED) is 0.631. The zero-order valence-electron chi connectivity index (χ0n) is 3.23. The monoisotopic (exact) mass is 300 g/mol. The predicted molar refractivity (Wildman–Crippen MR) is 17.8 cm³/mol. The molecule has 0 radical (unpaired) electrons. The molecule has 0 aliphatic rings. The summed E-state index contributed by atoms with van der Waals surface area (Å²) in [7, 11) is 0. The van der Waals surface area contributed by atoms with Gasteiger partial charge in [-0.15, -0.1) is 0 Å². The topological polar surface area (TPSA) is 26.3 Å². The second kappa shape index (κ2) is 3.28. The Morgan fingerprint density at radius 1 is 1.71 bits per heavy atom. The summed E-state index contributed by atoms with van der Waals surface area (Å²) in [5, 5.41) is 0. The number of rotatable bonds is 1. The average Bonchev–Trinajstić information content (AvgIpc) is 1.65. The molecular weight excluding hydrogens is 298 g/mol. The maximum atomic E-state index is 11.0. The number of carbonyl (C=O) groups is 1. The summed E-state index contributed by atoms with van der Waals surface area (Å²) < 4.78 is 25.8. The maximum absolute atomic E-state index is 11.0. The Morgan fingerprint density at radius 3 is 2.14 bits per heavy atom. The van der Waals surface area contributed by atoms with Crippen LogP contribution in [-0.4, -0.2) is 38.6 Å².